The van der Waals surface area contributed by atoms with Crippen molar-refractivity contribution in [3.05, 3.63) is 36.0 Å². The zero-order valence-corrected chi connectivity index (χ0v) is 13.2. The van der Waals surface area contributed by atoms with Gasteiger partial charge in [0.2, 0.25) is 0 Å². The molecule has 1 saturated heterocycles. The number of aryl methyl sites for hydroxylation is 2. The maximum atomic E-state index is 4.56. The minimum absolute atomic E-state index is 0.763. The lowest BCUT2D eigenvalue weighted by Crippen LogP contribution is -2.47. The second-order valence-electron chi connectivity index (χ2n) is 5.71. The van der Waals surface area contributed by atoms with Gasteiger partial charge in [-0.2, -0.15) is 4.52 Å². The van der Waals surface area contributed by atoms with Gasteiger partial charge in [0, 0.05) is 37.9 Å². The minimum Gasteiger partial charge on any atom is -0.353 e. The number of piperazine rings is 1. The molecule has 8 nitrogen and oxygen atoms in total. The second kappa shape index (κ2) is 5.45. The molecule has 0 N–H and O–H groups in total. The molecule has 0 saturated carbocycles. The lowest BCUT2D eigenvalue weighted by atomic mass is 10.3. The van der Waals surface area contributed by atoms with Crippen LogP contribution in [0.5, 0.6) is 0 Å². The summed E-state index contributed by atoms with van der Waals surface area (Å²) in [5.74, 6) is 2.78. The Balaban J connectivity index is 1.49. The first-order valence-electron chi connectivity index (χ1n) is 7.68. The molecular weight excluding hydrogens is 292 g/mol. The number of aromatic nitrogens is 6. The molecule has 3 aromatic rings. The van der Waals surface area contributed by atoms with Crippen LogP contribution in [0.25, 0.3) is 5.65 Å². The fraction of sp³-hybridized carbons (Fsp3) is 0.400. The molecule has 8 heteroatoms. The molecule has 0 bridgehead atoms. The predicted octanol–water partition coefficient (Wildman–Crippen LogP) is 0.858. The van der Waals surface area contributed by atoms with Crippen molar-refractivity contribution in [2.45, 2.75) is 13.8 Å². The summed E-state index contributed by atoms with van der Waals surface area (Å²) in [6, 6.07) is 5.99. The summed E-state index contributed by atoms with van der Waals surface area (Å²) < 4.78 is 1.71. The zero-order valence-electron chi connectivity index (χ0n) is 13.2. The van der Waals surface area contributed by atoms with E-state index in [1.807, 2.05) is 32.0 Å². The molecule has 23 heavy (non-hydrogen) atoms. The van der Waals surface area contributed by atoms with Crippen LogP contribution in [-0.4, -0.2) is 56.0 Å². The Labute approximate surface area is 133 Å². The Morgan fingerprint density at radius 3 is 2.39 bits per heavy atom. The first kappa shape index (κ1) is 13.9. The summed E-state index contributed by atoms with van der Waals surface area (Å²) in [5.41, 5.74) is 1.77. The maximum absolute atomic E-state index is 4.56. The molecule has 0 unspecified atom stereocenters. The summed E-state index contributed by atoms with van der Waals surface area (Å²) in [6.07, 6.45) is 1.63. The molecule has 118 valence electrons. The normalized spacial score (nSPS) is 15.4. The van der Waals surface area contributed by atoms with Gasteiger partial charge in [-0.3, -0.25) is 0 Å². The third-order valence-corrected chi connectivity index (χ3v) is 4.03. The average Bonchev–Trinajstić information content (AvgIpc) is 3.01. The van der Waals surface area contributed by atoms with E-state index in [9.17, 15) is 0 Å². The predicted molar refractivity (Wildman–Crippen MR) is 86.7 cm³/mol. The number of rotatable bonds is 2. The highest BCUT2D eigenvalue weighted by molar-refractivity contribution is 5.48. The van der Waals surface area contributed by atoms with Crippen molar-refractivity contribution in [1.82, 2.24) is 29.8 Å². The molecule has 3 aromatic heterocycles. The summed E-state index contributed by atoms with van der Waals surface area (Å²) in [6.45, 7) is 7.58. The summed E-state index contributed by atoms with van der Waals surface area (Å²) in [7, 11) is 0. The molecule has 0 radical (unpaired) electrons. The Morgan fingerprint density at radius 1 is 0.913 bits per heavy atom. The third kappa shape index (κ3) is 2.67. The highest BCUT2D eigenvalue weighted by atomic mass is 15.4. The fourth-order valence-electron chi connectivity index (χ4n) is 2.91. The van der Waals surface area contributed by atoms with Crippen molar-refractivity contribution in [1.29, 1.82) is 0 Å². The summed E-state index contributed by atoms with van der Waals surface area (Å²) in [5, 5.41) is 12.4. The van der Waals surface area contributed by atoms with E-state index < -0.39 is 0 Å². The molecule has 0 aromatic carbocycles. The van der Waals surface area contributed by atoms with Gasteiger partial charge >= 0.3 is 0 Å². The molecule has 4 heterocycles. The van der Waals surface area contributed by atoms with Gasteiger partial charge in [-0.1, -0.05) is 0 Å². The monoisotopic (exact) mass is 310 g/mol. The molecule has 1 fully saturated rings. The van der Waals surface area contributed by atoms with Gasteiger partial charge in [0.15, 0.2) is 5.65 Å². The first-order valence-corrected chi connectivity index (χ1v) is 7.68. The van der Waals surface area contributed by atoms with Crippen LogP contribution in [0, 0.1) is 13.8 Å². The van der Waals surface area contributed by atoms with E-state index in [4.69, 9.17) is 0 Å². The maximum Gasteiger partial charge on any atom is 0.177 e. The quantitative estimate of drug-likeness (QED) is 0.695. The smallest absolute Gasteiger partial charge is 0.177 e. The van der Waals surface area contributed by atoms with Crippen molar-refractivity contribution in [2.24, 2.45) is 0 Å². The molecule has 0 spiro atoms. The van der Waals surface area contributed by atoms with Crippen molar-refractivity contribution in [2.75, 3.05) is 36.0 Å². The van der Waals surface area contributed by atoms with Crippen molar-refractivity contribution in [3.8, 4) is 0 Å². The van der Waals surface area contributed by atoms with Gasteiger partial charge in [-0.05, 0) is 26.0 Å². The Hall–Kier alpha value is -2.77. The topological polar surface area (TPSA) is 75.3 Å². The molecule has 1 aliphatic heterocycles. The SMILES string of the molecule is Cc1cc(N2CCN(c3ccc4nncn4n3)CC2)nc(C)n1. The third-order valence-electron chi connectivity index (χ3n) is 4.03. The molecule has 0 amide bonds. The van der Waals surface area contributed by atoms with Crippen LogP contribution < -0.4 is 9.80 Å². The highest BCUT2D eigenvalue weighted by Crippen LogP contribution is 2.18. The van der Waals surface area contributed by atoms with Crippen molar-refractivity contribution in [3.63, 3.8) is 0 Å². The largest absolute Gasteiger partial charge is 0.353 e. The molecule has 1 aliphatic rings. The van der Waals surface area contributed by atoms with Gasteiger partial charge in [-0.25, -0.2) is 9.97 Å². The van der Waals surface area contributed by atoms with Crippen LogP contribution in [-0.2, 0) is 0 Å². The van der Waals surface area contributed by atoms with E-state index in [0.717, 1.165) is 55.0 Å². The van der Waals surface area contributed by atoms with Crippen LogP contribution in [0.15, 0.2) is 24.5 Å². The molecule has 4 rings (SSSR count). The number of hydrogen-bond acceptors (Lipinski definition) is 7. The van der Waals surface area contributed by atoms with Crippen LogP contribution in [0.3, 0.4) is 0 Å². The van der Waals surface area contributed by atoms with Crippen LogP contribution in [0.4, 0.5) is 11.6 Å². The lowest BCUT2D eigenvalue weighted by molar-refractivity contribution is 0.634. The zero-order chi connectivity index (χ0) is 15.8. The van der Waals surface area contributed by atoms with Gasteiger partial charge < -0.3 is 9.80 Å². The average molecular weight is 310 g/mol. The number of hydrogen-bond donors (Lipinski definition) is 0. The minimum atomic E-state index is 0.763. The van der Waals surface area contributed by atoms with Crippen molar-refractivity contribution >= 4 is 17.3 Å². The van der Waals surface area contributed by atoms with Crippen LogP contribution >= 0.6 is 0 Å². The van der Waals surface area contributed by atoms with Gasteiger partial charge in [-0.15, -0.1) is 15.3 Å². The number of anilines is 2. The van der Waals surface area contributed by atoms with Crippen LogP contribution in [0.1, 0.15) is 11.5 Å². The highest BCUT2D eigenvalue weighted by Gasteiger charge is 2.20. The standard InChI is InChI=1S/C15H18N8/c1-11-9-15(18-12(2)17-11)22-7-5-21(6-8-22)14-4-3-13-19-16-10-23(13)20-14/h3-4,9-10H,5-8H2,1-2H3. The molecule has 0 aliphatic carbocycles. The van der Waals surface area contributed by atoms with E-state index in [0.29, 0.717) is 0 Å². The van der Waals surface area contributed by atoms with Gasteiger partial charge in [0.1, 0.15) is 23.8 Å². The molecular formula is C15H18N8. The van der Waals surface area contributed by atoms with Gasteiger partial charge in [0.05, 0.1) is 0 Å². The van der Waals surface area contributed by atoms with E-state index in [2.05, 4.69) is 35.1 Å². The van der Waals surface area contributed by atoms with Gasteiger partial charge in [0.25, 0.3) is 0 Å². The first-order chi connectivity index (χ1) is 11.2. The van der Waals surface area contributed by atoms with E-state index in [1.165, 1.54) is 0 Å². The lowest BCUT2D eigenvalue weighted by Gasteiger charge is -2.36. The second-order valence-corrected chi connectivity index (χ2v) is 5.71. The summed E-state index contributed by atoms with van der Waals surface area (Å²) in [4.78, 5) is 13.5. The van der Waals surface area contributed by atoms with E-state index in [-0.39, 0.29) is 0 Å². The molecule has 0 atom stereocenters. The number of fused-ring (bicyclic) bond motifs is 1. The fourth-order valence-corrected chi connectivity index (χ4v) is 2.91. The number of nitrogens with zero attached hydrogens (tertiary/aromatic N) is 8. The Bertz CT molecular complexity index is 814. The van der Waals surface area contributed by atoms with Crippen molar-refractivity contribution < 1.29 is 0 Å². The van der Waals surface area contributed by atoms with E-state index in [1.54, 1.807) is 10.8 Å². The van der Waals surface area contributed by atoms with E-state index >= 15 is 0 Å². The Morgan fingerprint density at radius 2 is 1.65 bits per heavy atom. The Kier molecular flexibility index (Phi) is 3.29. The summed E-state index contributed by atoms with van der Waals surface area (Å²) >= 11 is 0. The van der Waals surface area contributed by atoms with Crippen LogP contribution in [0.2, 0.25) is 0 Å².